The van der Waals surface area contributed by atoms with Crippen molar-refractivity contribution in [3.8, 4) is 0 Å². The Morgan fingerprint density at radius 2 is 1.92 bits per heavy atom. The molecule has 1 aliphatic rings. The molecule has 8 nitrogen and oxygen atoms in total. The summed E-state index contributed by atoms with van der Waals surface area (Å²) in [4.78, 5) is 34.2. The number of aryl methyl sites for hydroxylation is 1. The van der Waals surface area contributed by atoms with E-state index < -0.39 is 5.69 Å². The molecule has 4 rings (SSSR count). The molecule has 25 heavy (non-hydrogen) atoms. The average molecular weight is 339 g/mol. The zero-order valence-electron chi connectivity index (χ0n) is 13.9. The van der Waals surface area contributed by atoms with E-state index in [4.69, 9.17) is 4.84 Å². The molecular formula is C17H17N5O3. The molecule has 1 atom stereocenters. The largest absolute Gasteiger partial charge is 0.390 e. The van der Waals surface area contributed by atoms with Crippen LogP contribution in [0.5, 0.6) is 0 Å². The summed E-state index contributed by atoms with van der Waals surface area (Å²) in [6.45, 7) is 0.434. The van der Waals surface area contributed by atoms with E-state index in [0.29, 0.717) is 24.1 Å². The molecule has 0 saturated carbocycles. The van der Waals surface area contributed by atoms with E-state index >= 15 is 0 Å². The SMILES string of the molecule is Cn1c(=O)c2c(ncn2C[C@@H]2CC(c3ccccc3)=NO2)n(C)c1=O. The van der Waals surface area contributed by atoms with E-state index in [-0.39, 0.29) is 11.7 Å². The molecule has 128 valence electrons. The quantitative estimate of drug-likeness (QED) is 0.700. The molecule has 0 aliphatic carbocycles. The zero-order chi connectivity index (χ0) is 17.6. The van der Waals surface area contributed by atoms with Crippen LogP contribution in [0.2, 0.25) is 0 Å². The van der Waals surface area contributed by atoms with Crippen molar-refractivity contribution < 1.29 is 4.84 Å². The minimum absolute atomic E-state index is 0.186. The Hall–Kier alpha value is -3.16. The fourth-order valence-electron chi connectivity index (χ4n) is 3.08. The van der Waals surface area contributed by atoms with Crippen molar-refractivity contribution in [1.29, 1.82) is 0 Å². The van der Waals surface area contributed by atoms with E-state index in [2.05, 4.69) is 10.1 Å². The van der Waals surface area contributed by atoms with Crippen LogP contribution in [0.3, 0.4) is 0 Å². The number of fused-ring (bicyclic) bond motifs is 1. The van der Waals surface area contributed by atoms with Crippen molar-refractivity contribution in [2.75, 3.05) is 0 Å². The van der Waals surface area contributed by atoms with Crippen molar-refractivity contribution in [2.24, 2.45) is 19.3 Å². The van der Waals surface area contributed by atoms with Crippen LogP contribution in [0, 0.1) is 0 Å². The highest BCUT2D eigenvalue weighted by Gasteiger charge is 2.24. The van der Waals surface area contributed by atoms with Crippen LogP contribution in [0.15, 0.2) is 51.4 Å². The van der Waals surface area contributed by atoms with Crippen LogP contribution in [0.25, 0.3) is 11.2 Å². The van der Waals surface area contributed by atoms with Crippen LogP contribution >= 0.6 is 0 Å². The molecule has 1 aromatic carbocycles. The van der Waals surface area contributed by atoms with Gasteiger partial charge in [-0.25, -0.2) is 9.78 Å². The van der Waals surface area contributed by atoms with Crippen LogP contribution < -0.4 is 11.2 Å². The maximum atomic E-state index is 12.5. The van der Waals surface area contributed by atoms with Crippen LogP contribution in [0.1, 0.15) is 12.0 Å². The number of hydrogen-bond acceptors (Lipinski definition) is 5. The number of benzene rings is 1. The van der Waals surface area contributed by atoms with Crippen LogP contribution in [-0.2, 0) is 25.5 Å². The van der Waals surface area contributed by atoms with Crippen LogP contribution in [0.4, 0.5) is 0 Å². The van der Waals surface area contributed by atoms with E-state index in [1.54, 1.807) is 17.9 Å². The normalized spacial score (nSPS) is 16.9. The Morgan fingerprint density at radius 3 is 2.68 bits per heavy atom. The van der Waals surface area contributed by atoms with Gasteiger partial charge in [0.25, 0.3) is 5.56 Å². The Bertz CT molecular complexity index is 1090. The van der Waals surface area contributed by atoms with Gasteiger partial charge in [-0.05, 0) is 5.56 Å². The lowest BCUT2D eigenvalue weighted by Crippen LogP contribution is -2.37. The monoisotopic (exact) mass is 339 g/mol. The summed E-state index contributed by atoms with van der Waals surface area (Å²) < 4.78 is 4.18. The maximum absolute atomic E-state index is 12.5. The predicted molar refractivity (Wildman–Crippen MR) is 92.7 cm³/mol. The molecule has 8 heteroatoms. The van der Waals surface area contributed by atoms with Gasteiger partial charge in [-0.15, -0.1) is 0 Å². The lowest BCUT2D eigenvalue weighted by atomic mass is 10.1. The van der Waals surface area contributed by atoms with Crippen molar-refractivity contribution in [1.82, 2.24) is 18.7 Å². The molecule has 1 aliphatic heterocycles. The molecule has 0 N–H and O–H groups in total. The Balaban J connectivity index is 1.63. The van der Waals surface area contributed by atoms with Crippen molar-refractivity contribution in [2.45, 2.75) is 19.1 Å². The first kappa shape index (κ1) is 15.4. The Kier molecular flexibility index (Phi) is 3.52. The molecule has 0 spiro atoms. The summed E-state index contributed by atoms with van der Waals surface area (Å²) in [6, 6.07) is 9.85. The van der Waals surface area contributed by atoms with Gasteiger partial charge in [0.05, 0.1) is 18.6 Å². The van der Waals surface area contributed by atoms with Gasteiger partial charge in [-0.1, -0.05) is 35.5 Å². The minimum Gasteiger partial charge on any atom is -0.390 e. The van der Waals surface area contributed by atoms with Gasteiger partial charge in [0.2, 0.25) is 0 Å². The van der Waals surface area contributed by atoms with Gasteiger partial charge in [-0.3, -0.25) is 13.9 Å². The molecule has 3 heterocycles. The summed E-state index contributed by atoms with van der Waals surface area (Å²) in [5, 5.41) is 4.16. The third-order valence-electron chi connectivity index (χ3n) is 4.46. The van der Waals surface area contributed by atoms with Gasteiger partial charge in [0.1, 0.15) is 0 Å². The molecule has 0 saturated heterocycles. The molecule has 0 unspecified atom stereocenters. The van der Waals surface area contributed by atoms with Gasteiger partial charge < -0.3 is 9.40 Å². The summed E-state index contributed by atoms with van der Waals surface area (Å²) in [7, 11) is 3.06. The average Bonchev–Trinajstić information content (AvgIpc) is 3.27. The van der Waals surface area contributed by atoms with E-state index in [0.717, 1.165) is 15.8 Å². The molecule has 0 radical (unpaired) electrons. The van der Waals surface area contributed by atoms with Crippen molar-refractivity contribution in [3.05, 3.63) is 63.1 Å². The lowest BCUT2D eigenvalue weighted by molar-refractivity contribution is 0.0733. The molecule has 0 bridgehead atoms. The second-order valence-corrected chi connectivity index (χ2v) is 6.11. The number of aromatic nitrogens is 4. The maximum Gasteiger partial charge on any atom is 0.332 e. The Morgan fingerprint density at radius 1 is 1.16 bits per heavy atom. The highest BCUT2D eigenvalue weighted by atomic mass is 16.6. The smallest absolute Gasteiger partial charge is 0.332 e. The van der Waals surface area contributed by atoms with Gasteiger partial charge in [0.15, 0.2) is 17.3 Å². The van der Waals surface area contributed by atoms with Crippen molar-refractivity contribution >= 4 is 16.9 Å². The van der Waals surface area contributed by atoms with E-state index in [9.17, 15) is 9.59 Å². The minimum atomic E-state index is -0.394. The standard InChI is InChI=1S/C17H17N5O3/c1-20-15-14(16(23)21(2)17(20)24)22(10-18-15)9-12-8-13(19-25-12)11-6-4-3-5-7-11/h3-7,10,12H,8-9H2,1-2H3/t12-/m0/s1. The molecule has 0 amide bonds. The fourth-order valence-corrected chi connectivity index (χ4v) is 3.08. The summed E-state index contributed by atoms with van der Waals surface area (Å²) in [5.74, 6) is 0. The molecule has 3 aromatic rings. The number of nitrogens with zero attached hydrogens (tertiary/aromatic N) is 5. The third kappa shape index (κ3) is 2.46. The highest BCUT2D eigenvalue weighted by molar-refractivity contribution is 6.01. The van der Waals surface area contributed by atoms with Gasteiger partial charge in [0, 0.05) is 20.5 Å². The first-order valence-electron chi connectivity index (χ1n) is 7.95. The first-order valence-corrected chi connectivity index (χ1v) is 7.95. The highest BCUT2D eigenvalue weighted by Crippen LogP contribution is 2.19. The fraction of sp³-hybridized carbons (Fsp3) is 0.294. The third-order valence-corrected chi connectivity index (χ3v) is 4.46. The second-order valence-electron chi connectivity index (χ2n) is 6.11. The number of imidazole rings is 1. The van der Waals surface area contributed by atoms with E-state index in [1.165, 1.54) is 11.6 Å². The van der Waals surface area contributed by atoms with Gasteiger partial charge >= 0.3 is 5.69 Å². The molecular weight excluding hydrogens is 322 g/mol. The Labute approximate surface area is 142 Å². The predicted octanol–water partition coefficient (Wildman–Crippen LogP) is 0.627. The van der Waals surface area contributed by atoms with E-state index in [1.807, 2.05) is 30.3 Å². The molecule has 0 fully saturated rings. The first-order chi connectivity index (χ1) is 12.1. The number of hydrogen-bond donors (Lipinski definition) is 0. The topological polar surface area (TPSA) is 83.4 Å². The second kappa shape index (κ2) is 5.73. The lowest BCUT2D eigenvalue weighted by Gasteiger charge is -2.10. The summed E-state index contributed by atoms with van der Waals surface area (Å²) in [5.41, 5.74) is 1.91. The summed E-state index contributed by atoms with van der Waals surface area (Å²) in [6.07, 6.45) is 2.03. The molecule has 2 aromatic heterocycles. The van der Waals surface area contributed by atoms with Gasteiger partial charge in [-0.2, -0.15) is 0 Å². The summed E-state index contributed by atoms with van der Waals surface area (Å²) >= 11 is 0. The van der Waals surface area contributed by atoms with Crippen LogP contribution in [-0.4, -0.2) is 30.5 Å². The number of oxime groups is 1. The number of rotatable bonds is 3. The zero-order valence-corrected chi connectivity index (χ0v) is 13.9. The van der Waals surface area contributed by atoms with Crippen molar-refractivity contribution in [3.63, 3.8) is 0 Å².